The quantitative estimate of drug-likeness (QED) is 0.782. The lowest BCUT2D eigenvalue weighted by Crippen LogP contribution is -2.32. The molecule has 122 valence electrons. The summed E-state index contributed by atoms with van der Waals surface area (Å²) in [6.45, 7) is 0.499. The number of thiophene rings is 1. The molecule has 1 amide bonds. The normalized spacial score (nSPS) is 13.7. The zero-order valence-electron chi connectivity index (χ0n) is 13.0. The van der Waals surface area contributed by atoms with Crippen molar-refractivity contribution < 1.29 is 14.3 Å². The van der Waals surface area contributed by atoms with Gasteiger partial charge in [-0.15, -0.1) is 11.3 Å². The molecular weight excluding hydrogens is 334 g/mol. The van der Waals surface area contributed by atoms with Crippen molar-refractivity contribution in [2.24, 2.45) is 0 Å². The van der Waals surface area contributed by atoms with Crippen LogP contribution in [0.15, 0.2) is 30.3 Å². The standard InChI is InChI=1S/C17H18ClNO3S/c1-21-13-5-6-14(22-2)11(9-13)10-19(12-3-4-12)17(20)15-7-8-16(18)23-15/h5-9,12H,3-4,10H2,1-2H3. The van der Waals surface area contributed by atoms with Crippen LogP contribution < -0.4 is 9.47 Å². The molecule has 6 heteroatoms. The molecule has 0 bridgehead atoms. The molecule has 3 rings (SSSR count). The van der Waals surface area contributed by atoms with Gasteiger partial charge in [0.2, 0.25) is 0 Å². The molecule has 1 heterocycles. The molecule has 0 spiro atoms. The molecule has 0 N–H and O–H groups in total. The number of halogens is 1. The van der Waals surface area contributed by atoms with Crippen LogP contribution in [0.1, 0.15) is 28.1 Å². The first-order valence-corrected chi connectivity index (χ1v) is 8.59. The summed E-state index contributed by atoms with van der Waals surface area (Å²) in [5, 5.41) is 0. The predicted molar refractivity (Wildman–Crippen MR) is 91.8 cm³/mol. The minimum absolute atomic E-state index is 0.0225. The van der Waals surface area contributed by atoms with E-state index in [4.69, 9.17) is 21.1 Å². The third-order valence-electron chi connectivity index (χ3n) is 3.86. The van der Waals surface area contributed by atoms with E-state index in [0.29, 0.717) is 21.8 Å². The van der Waals surface area contributed by atoms with Gasteiger partial charge in [-0.1, -0.05) is 11.6 Å². The number of hydrogen-bond donors (Lipinski definition) is 0. The van der Waals surface area contributed by atoms with Crippen molar-refractivity contribution in [1.82, 2.24) is 4.90 Å². The topological polar surface area (TPSA) is 38.8 Å². The summed E-state index contributed by atoms with van der Waals surface area (Å²) in [5.41, 5.74) is 0.940. The van der Waals surface area contributed by atoms with Crippen LogP contribution in [-0.4, -0.2) is 31.1 Å². The summed E-state index contributed by atoms with van der Waals surface area (Å²) in [6, 6.07) is 9.48. The molecule has 1 saturated carbocycles. The van der Waals surface area contributed by atoms with Gasteiger partial charge in [-0.05, 0) is 43.2 Å². The maximum atomic E-state index is 12.8. The zero-order valence-corrected chi connectivity index (χ0v) is 14.6. The fraction of sp³-hybridized carbons (Fsp3) is 0.353. The largest absolute Gasteiger partial charge is 0.497 e. The van der Waals surface area contributed by atoms with E-state index < -0.39 is 0 Å². The second-order valence-electron chi connectivity index (χ2n) is 5.45. The number of methoxy groups -OCH3 is 2. The van der Waals surface area contributed by atoms with Gasteiger partial charge in [0.25, 0.3) is 5.91 Å². The molecule has 1 aromatic carbocycles. The Hall–Kier alpha value is -1.72. The van der Waals surface area contributed by atoms with Crippen LogP contribution in [0.3, 0.4) is 0 Å². The first kappa shape index (κ1) is 16.1. The first-order chi connectivity index (χ1) is 11.1. The van der Waals surface area contributed by atoms with Crippen molar-refractivity contribution >= 4 is 28.8 Å². The van der Waals surface area contributed by atoms with Crippen LogP contribution in [0, 0.1) is 0 Å². The summed E-state index contributed by atoms with van der Waals surface area (Å²) < 4.78 is 11.3. The number of hydrogen-bond acceptors (Lipinski definition) is 4. The molecule has 0 aliphatic heterocycles. The third kappa shape index (κ3) is 3.62. The lowest BCUT2D eigenvalue weighted by Gasteiger charge is -2.23. The molecule has 0 atom stereocenters. The lowest BCUT2D eigenvalue weighted by atomic mass is 10.1. The van der Waals surface area contributed by atoms with Gasteiger partial charge in [0.15, 0.2) is 0 Å². The molecular formula is C17H18ClNO3S. The molecule has 1 aliphatic carbocycles. The van der Waals surface area contributed by atoms with Crippen LogP contribution >= 0.6 is 22.9 Å². The molecule has 1 fully saturated rings. The predicted octanol–water partition coefficient (Wildman–Crippen LogP) is 4.22. The van der Waals surface area contributed by atoms with E-state index in [1.807, 2.05) is 23.1 Å². The average Bonchev–Trinajstić information content (AvgIpc) is 3.32. The van der Waals surface area contributed by atoms with E-state index in [1.165, 1.54) is 11.3 Å². The van der Waals surface area contributed by atoms with E-state index in [-0.39, 0.29) is 5.91 Å². The summed E-state index contributed by atoms with van der Waals surface area (Å²) in [4.78, 5) is 15.4. The molecule has 1 aliphatic rings. The number of ether oxygens (including phenoxy) is 2. The van der Waals surface area contributed by atoms with Crippen LogP contribution in [0.2, 0.25) is 4.34 Å². The Morgan fingerprint density at radius 3 is 2.61 bits per heavy atom. The monoisotopic (exact) mass is 351 g/mol. The molecule has 2 aromatic rings. The highest BCUT2D eigenvalue weighted by Gasteiger charge is 2.34. The third-order valence-corrected chi connectivity index (χ3v) is 5.08. The van der Waals surface area contributed by atoms with Crippen molar-refractivity contribution in [3.05, 3.63) is 45.1 Å². The highest BCUT2D eigenvalue weighted by Crippen LogP contribution is 2.34. The highest BCUT2D eigenvalue weighted by atomic mass is 35.5. The number of rotatable bonds is 6. The molecule has 0 radical (unpaired) electrons. The molecule has 0 saturated heterocycles. The smallest absolute Gasteiger partial charge is 0.264 e. The highest BCUT2D eigenvalue weighted by molar-refractivity contribution is 7.17. The summed E-state index contributed by atoms with van der Waals surface area (Å²) in [6.07, 6.45) is 2.08. The maximum absolute atomic E-state index is 12.8. The average molecular weight is 352 g/mol. The number of carbonyl (C=O) groups is 1. The van der Waals surface area contributed by atoms with Gasteiger partial charge in [-0.2, -0.15) is 0 Å². The molecule has 1 aromatic heterocycles. The van der Waals surface area contributed by atoms with Gasteiger partial charge < -0.3 is 14.4 Å². The SMILES string of the molecule is COc1ccc(OC)c(CN(C(=O)c2ccc(Cl)s2)C2CC2)c1. The first-order valence-electron chi connectivity index (χ1n) is 7.39. The zero-order chi connectivity index (χ0) is 16.4. The fourth-order valence-electron chi connectivity index (χ4n) is 2.51. The Balaban J connectivity index is 1.87. The van der Waals surface area contributed by atoms with E-state index >= 15 is 0 Å². The van der Waals surface area contributed by atoms with Gasteiger partial charge in [0.1, 0.15) is 11.5 Å². The summed E-state index contributed by atoms with van der Waals surface area (Å²) in [5.74, 6) is 1.53. The van der Waals surface area contributed by atoms with Gasteiger partial charge in [-0.3, -0.25) is 4.79 Å². The van der Waals surface area contributed by atoms with E-state index in [0.717, 1.165) is 29.9 Å². The minimum atomic E-state index is 0.0225. The minimum Gasteiger partial charge on any atom is -0.497 e. The second kappa shape index (κ2) is 6.81. The Morgan fingerprint density at radius 2 is 2.04 bits per heavy atom. The maximum Gasteiger partial charge on any atom is 0.264 e. The van der Waals surface area contributed by atoms with Crippen LogP contribution in [0.25, 0.3) is 0 Å². The number of benzene rings is 1. The van der Waals surface area contributed by atoms with Crippen molar-refractivity contribution in [2.45, 2.75) is 25.4 Å². The molecule has 4 nitrogen and oxygen atoms in total. The van der Waals surface area contributed by atoms with Crippen LogP contribution in [0.5, 0.6) is 11.5 Å². The Kier molecular flexibility index (Phi) is 4.78. The lowest BCUT2D eigenvalue weighted by molar-refractivity contribution is 0.0733. The van der Waals surface area contributed by atoms with Crippen molar-refractivity contribution in [2.75, 3.05) is 14.2 Å². The van der Waals surface area contributed by atoms with Gasteiger partial charge in [0, 0.05) is 11.6 Å². The van der Waals surface area contributed by atoms with Gasteiger partial charge in [-0.25, -0.2) is 0 Å². The number of amides is 1. The van der Waals surface area contributed by atoms with Crippen molar-refractivity contribution in [3.63, 3.8) is 0 Å². The van der Waals surface area contributed by atoms with Crippen LogP contribution in [-0.2, 0) is 6.54 Å². The number of carbonyl (C=O) groups excluding carboxylic acids is 1. The van der Waals surface area contributed by atoms with Gasteiger partial charge in [0.05, 0.1) is 30.0 Å². The Bertz CT molecular complexity index is 712. The Labute approximate surface area is 144 Å². The van der Waals surface area contributed by atoms with Crippen LogP contribution in [0.4, 0.5) is 0 Å². The van der Waals surface area contributed by atoms with Crippen molar-refractivity contribution in [1.29, 1.82) is 0 Å². The second-order valence-corrected chi connectivity index (χ2v) is 7.16. The van der Waals surface area contributed by atoms with Crippen molar-refractivity contribution in [3.8, 4) is 11.5 Å². The number of nitrogens with zero attached hydrogens (tertiary/aromatic N) is 1. The van der Waals surface area contributed by atoms with E-state index in [1.54, 1.807) is 26.4 Å². The Morgan fingerprint density at radius 1 is 1.26 bits per heavy atom. The fourth-order valence-corrected chi connectivity index (χ4v) is 3.51. The van der Waals surface area contributed by atoms with Gasteiger partial charge >= 0.3 is 0 Å². The van der Waals surface area contributed by atoms with E-state index in [9.17, 15) is 4.79 Å². The summed E-state index contributed by atoms with van der Waals surface area (Å²) in [7, 11) is 3.26. The van der Waals surface area contributed by atoms with E-state index in [2.05, 4.69) is 0 Å². The summed E-state index contributed by atoms with van der Waals surface area (Å²) >= 11 is 7.28. The molecule has 23 heavy (non-hydrogen) atoms. The molecule has 0 unspecified atom stereocenters.